The molecule has 0 atom stereocenters. The predicted octanol–water partition coefficient (Wildman–Crippen LogP) is 2.56. The summed E-state index contributed by atoms with van der Waals surface area (Å²) < 4.78 is 0. The van der Waals surface area contributed by atoms with Crippen LogP contribution >= 0.6 is 0 Å². The molecule has 2 heteroatoms. The van der Waals surface area contributed by atoms with Crippen LogP contribution in [0.2, 0.25) is 0 Å². The third kappa shape index (κ3) is 9.96. The van der Waals surface area contributed by atoms with Gasteiger partial charge >= 0.3 is 0 Å². The summed E-state index contributed by atoms with van der Waals surface area (Å²) in [7, 11) is 0. The highest BCUT2D eigenvalue weighted by Crippen LogP contribution is 1.88. The lowest BCUT2D eigenvalue weighted by molar-refractivity contribution is -0.105. The highest BCUT2D eigenvalue weighted by molar-refractivity contribution is 5.72. The molecule has 0 rings (SSSR count). The first kappa shape index (κ1) is 13.0. The lowest BCUT2D eigenvalue weighted by Gasteiger charge is -1.79. The molecule has 0 aromatic heterocycles. The number of carbonyl (C=O) groups is 2. The molecule has 0 spiro atoms. The van der Waals surface area contributed by atoms with Gasteiger partial charge in [0.1, 0.15) is 12.6 Å². The van der Waals surface area contributed by atoms with Crippen LogP contribution in [-0.2, 0) is 9.59 Å². The first-order chi connectivity index (χ1) is 7.31. The predicted molar refractivity (Wildman–Crippen MR) is 62.4 cm³/mol. The maximum atomic E-state index is 10.2. The quantitative estimate of drug-likeness (QED) is 0.377. The van der Waals surface area contributed by atoms with Crippen molar-refractivity contribution in [2.24, 2.45) is 0 Å². The molecule has 0 N–H and O–H groups in total. The van der Waals surface area contributed by atoms with E-state index in [0.717, 1.165) is 12.6 Å². The Kier molecular flexibility index (Phi) is 8.80. The van der Waals surface area contributed by atoms with Gasteiger partial charge in [0.15, 0.2) is 0 Å². The van der Waals surface area contributed by atoms with Crippen molar-refractivity contribution in [1.82, 2.24) is 0 Å². The van der Waals surface area contributed by atoms with Crippen molar-refractivity contribution in [1.29, 1.82) is 0 Å². The molecule has 78 valence electrons. The van der Waals surface area contributed by atoms with E-state index < -0.39 is 0 Å². The number of rotatable bonds is 6. The number of hydrogen-bond donors (Lipinski definition) is 0. The molecule has 0 aliphatic rings. The smallest absolute Gasteiger partial charge is 0.145 e. The van der Waals surface area contributed by atoms with E-state index in [-0.39, 0.29) is 0 Å². The summed E-state index contributed by atoms with van der Waals surface area (Å²) in [6.45, 7) is 1.74. The molecule has 0 heterocycles. The van der Waals surface area contributed by atoms with Gasteiger partial charge in [-0.1, -0.05) is 48.6 Å². The molecule has 0 saturated heterocycles. The number of aldehydes is 2. The number of hydrogen-bond acceptors (Lipinski definition) is 2. The third-order valence-electron chi connectivity index (χ3n) is 1.40. The molecule has 0 aromatic rings. The summed E-state index contributed by atoms with van der Waals surface area (Å²) >= 11 is 0. The molecule has 0 saturated carbocycles. The van der Waals surface area contributed by atoms with Gasteiger partial charge in [0.2, 0.25) is 0 Å². The molecule has 0 amide bonds. The zero-order valence-electron chi connectivity index (χ0n) is 8.67. The summed E-state index contributed by atoms with van der Waals surface area (Å²) in [5, 5.41) is 0. The van der Waals surface area contributed by atoms with Crippen LogP contribution in [0.3, 0.4) is 0 Å². The Morgan fingerprint density at radius 1 is 0.733 bits per heavy atom. The average molecular weight is 202 g/mol. The van der Waals surface area contributed by atoms with Gasteiger partial charge in [-0.25, -0.2) is 0 Å². The average Bonchev–Trinajstić information content (AvgIpc) is 2.26. The van der Waals surface area contributed by atoms with Gasteiger partial charge in [-0.15, -0.1) is 0 Å². The second-order valence-electron chi connectivity index (χ2n) is 2.70. The van der Waals surface area contributed by atoms with E-state index in [1.165, 1.54) is 6.08 Å². The van der Waals surface area contributed by atoms with E-state index in [9.17, 15) is 9.59 Å². The van der Waals surface area contributed by atoms with Crippen LogP contribution in [0.25, 0.3) is 0 Å². The minimum absolute atomic E-state index is 0.684. The van der Waals surface area contributed by atoms with Crippen molar-refractivity contribution in [3.05, 3.63) is 60.3 Å². The van der Waals surface area contributed by atoms with Crippen molar-refractivity contribution < 1.29 is 9.59 Å². The normalized spacial score (nSPS) is 13.5. The van der Waals surface area contributed by atoms with Gasteiger partial charge in [-0.05, 0) is 18.6 Å². The highest BCUT2D eigenvalue weighted by atomic mass is 16.1. The first-order valence-corrected chi connectivity index (χ1v) is 4.55. The largest absolute Gasteiger partial charge is 0.299 e. The van der Waals surface area contributed by atoms with E-state index in [1.54, 1.807) is 37.3 Å². The molecular weight excluding hydrogens is 188 g/mol. The van der Waals surface area contributed by atoms with Crippen LogP contribution in [0.1, 0.15) is 6.92 Å². The Balaban J connectivity index is 3.90. The van der Waals surface area contributed by atoms with Gasteiger partial charge in [-0.3, -0.25) is 9.59 Å². The van der Waals surface area contributed by atoms with Crippen LogP contribution in [0.4, 0.5) is 0 Å². The fraction of sp³-hybridized carbons (Fsp3) is 0.0769. The topological polar surface area (TPSA) is 34.1 Å². The van der Waals surface area contributed by atoms with Gasteiger partial charge < -0.3 is 0 Å². The van der Waals surface area contributed by atoms with E-state index in [1.807, 2.05) is 18.2 Å². The summed E-state index contributed by atoms with van der Waals surface area (Å²) in [4.78, 5) is 20.1. The number of allylic oxidation sites excluding steroid dienone is 10. The third-order valence-corrected chi connectivity index (χ3v) is 1.40. The van der Waals surface area contributed by atoms with Crippen LogP contribution in [0.5, 0.6) is 0 Å². The van der Waals surface area contributed by atoms with Crippen molar-refractivity contribution in [3.63, 3.8) is 0 Å². The van der Waals surface area contributed by atoms with Gasteiger partial charge in [0.05, 0.1) is 0 Å². The van der Waals surface area contributed by atoms with Crippen LogP contribution < -0.4 is 0 Å². The van der Waals surface area contributed by atoms with E-state index in [4.69, 9.17) is 0 Å². The summed E-state index contributed by atoms with van der Waals surface area (Å²) in [6, 6.07) is 0. The summed E-state index contributed by atoms with van der Waals surface area (Å²) in [5.41, 5.74) is 0.684. The second kappa shape index (κ2) is 10.1. The van der Waals surface area contributed by atoms with Crippen molar-refractivity contribution in [2.45, 2.75) is 6.92 Å². The van der Waals surface area contributed by atoms with E-state index in [2.05, 4.69) is 0 Å². The molecule has 0 aliphatic heterocycles. The van der Waals surface area contributed by atoms with Gasteiger partial charge in [0, 0.05) is 0 Å². The molecule has 0 bridgehead atoms. The Hall–Kier alpha value is -1.96. The van der Waals surface area contributed by atoms with Crippen molar-refractivity contribution in [2.75, 3.05) is 0 Å². The highest BCUT2D eigenvalue weighted by Gasteiger charge is 1.76. The fourth-order valence-corrected chi connectivity index (χ4v) is 0.677. The molecular formula is C13H14O2. The fourth-order valence-electron chi connectivity index (χ4n) is 0.677. The van der Waals surface area contributed by atoms with E-state index >= 15 is 0 Å². The standard InChI is InChI=1S/C13H14O2/c1-13(12-15)10-8-6-4-2-3-5-7-9-11-14/h2-12H,1H3. The lowest BCUT2D eigenvalue weighted by Crippen LogP contribution is -1.71. The lowest BCUT2D eigenvalue weighted by atomic mass is 10.3. The van der Waals surface area contributed by atoms with Crippen LogP contribution in [0.15, 0.2) is 60.3 Å². The maximum absolute atomic E-state index is 10.2. The Bertz CT molecular complexity index is 328. The van der Waals surface area contributed by atoms with Gasteiger partial charge in [0.25, 0.3) is 0 Å². The number of carbonyl (C=O) groups excluding carboxylic acids is 2. The monoisotopic (exact) mass is 202 g/mol. The van der Waals surface area contributed by atoms with Crippen molar-refractivity contribution in [3.8, 4) is 0 Å². The molecule has 15 heavy (non-hydrogen) atoms. The molecule has 0 radical (unpaired) electrons. The molecule has 0 unspecified atom stereocenters. The maximum Gasteiger partial charge on any atom is 0.145 e. The summed E-state index contributed by atoms with van der Waals surface area (Å²) in [5.74, 6) is 0. The van der Waals surface area contributed by atoms with Gasteiger partial charge in [-0.2, -0.15) is 0 Å². The molecule has 0 fully saturated rings. The first-order valence-electron chi connectivity index (χ1n) is 4.55. The Morgan fingerprint density at radius 3 is 1.67 bits per heavy atom. The summed E-state index contributed by atoms with van der Waals surface area (Å²) in [6.07, 6.45) is 17.2. The van der Waals surface area contributed by atoms with E-state index in [0.29, 0.717) is 5.57 Å². The second-order valence-corrected chi connectivity index (χ2v) is 2.70. The zero-order chi connectivity index (χ0) is 11.4. The van der Waals surface area contributed by atoms with Crippen molar-refractivity contribution >= 4 is 12.6 Å². The molecule has 0 aliphatic carbocycles. The van der Waals surface area contributed by atoms with Crippen LogP contribution in [-0.4, -0.2) is 12.6 Å². The minimum Gasteiger partial charge on any atom is -0.299 e. The Labute approximate surface area is 90.0 Å². The SMILES string of the molecule is CC(C=O)=CC=CC=CC=CC=CC=O. The van der Waals surface area contributed by atoms with Crippen LogP contribution in [0, 0.1) is 0 Å². The Morgan fingerprint density at radius 2 is 1.20 bits per heavy atom. The minimum atomic E-state index is 0.684. The molecule has 2 nitrogen and oxygen atoms in total. The zero-order valence-corrected chi connectivity index (χ0v) is 8.67. The molecule has 0 aromatic carbocycles.